The molecule has 0 radical (unpaired) electrons. The van der Waals surface area contributed by atoms with Crippen molar-refractivity contribution in [1.29, 1.82) is 0 Å². The minimum atomic E-state index is -0.446. The molecular formula is C18H13N3O4S. The van der Waals surface area contributed by atoms with Crippen molar-refractivity contribution in [2.24, 2.45) is 5.10 Å². The topological polar surface area (TPSA) is 89.9 Å². The molecule has 7 nitrogen and oxygen atoms in total. The van der Waals surface area contributed by atoms with Crippen molar-refractivity contribution in [3.8, 4) is 17.0 Å². The van der Waals surface area contributed by atoms with E-state index in [2.05, 4.69) is 15.5 Å². The summed E-state index contributed by atoms with van der Waals surface area (Å²) in [6.07, 6.45) is 3.11. The number of methoxy groups -OCH3 is 1. The lowest BCUT2D eigenvalue weighted by Gasteiger charge is -2.03. The van der Waals surface area contributed by atoms with E-state index in [-0.39, 0.29) is 0 Å². The first kappa shape index (κ1) is 16.1. The van der Waals surface area contributed by atoms with Crippen LogP contribution in [0.2, 0.25) is 0 Å². The third-order valence-electron chi connectivity index (χ3n) is 3.61. The second-order valence-electron chi connectivity index (χ2n) is 5.27. The van der Waals surface area contributed by atoms with E-state index in [4.69, 9.17) is 13.6 Å². The maximum absolute atomic E-state index is 12.3. The van der Waals surface area contributed by atoms with Crippen LogP contribution in [-0.4, -0.2) is 18.3 Å². The van der Waals surface area contributed by atoms with Gasteiger partial charge in [0.05, 0.1) is 30.8 Å². The summed E-state index contributed by atoms with van der Waals surface area (Å²) >= 11 is 1.33. The summed E-state index contributed by atoms with van der Waals surface area (Å²) in [6.45, 7) is 0. The molecule has 0 aliphatic heterocycles. The van der Waals surface area contributed by atoms with Gasteiger partial charge in [0.25, 0.3) is 0 Å². The first-order valence-corrected chi connectivity index (χ1v) is 8.51. The smallest absolute Gasteiger partial charge is 0.345 e. The van der Waals surface area contributed by atoms with Crippen LogP contribution in [0, 0.1) is 0 Å². The highest BCUT2D eigenvalue weighted by Gasteiger charge is 2.12. The van der Waals surface area contributed by atoms with Crippen LogP contribution < -0.4 is 15.8 Å². The molecule has 0 bridgehead atoms. The number of thiazole rings is 1. The molecule has 0 saturated carbocycles. The number of fused-ring (bicyclic) bond motifs is 1. The average Bonchev–Trinajstić information content (AvgIpc) is 3.33. The molecule has 4 rings (SSSR count). The minimum absolute atomic E-state index is 0.380. The summed E-state index contributed by atoms with van der Waals surface area (Å²) in [4.78, 5) is 16.7. The fourth-order valence-electron chi connectivity index (χ4n) is 2.37. The number of nitrogens with one attached hydrogen (secondary N) is 1. The van der Waals surface area contributed by atoms with E-state index < -0.39 is 5.63 Å². The molecule has 26 heavy (non-hydrogen) atoms. The highest BCUT2D eigenvalue weighted by molar-refractivity contribution is 7.14. The molecule has 1 aromatic carbocycles. The van der Waals surface area contributed by atoms with E-state index in [0.29, 0.717) is 33.5 Å². The first-order valence-electron chi connectivity index (χ1n) is 7.63. The van der Waals surface area contributed by atoms with Crippen LogP contribution in [0.5, 0.6) is 5.75 Å². The summed E-state index contributed by atoms with van der Waals surface area (Å²) in [6, 6.07) is 10.6. The van der Waals surface area contributed by atoms with Gasteiger partial charge in [-0.15, -0.1) is 11.3 Å². The number of ether oxygens (including phenoxy) is 1. The van der Waals surface area contributed by atoms with Gasteiger partial charge in [0.2, 0.25) is 5.13 Å². The van der Waals surface area contributed by atoms with Crippen molar-refractivity contribution in [3.05, 3.63) is 64.2 Å². The normalized spacial score (nSPS) is 11.3. The number of anilines is 1. The number of aromatic nitrogens is 1. The van der Waals surface area contributed by atoms with Crippen molar-refractivity contribution < 1.29 is 13.6 Å². The number of hydrazone groups is 1. The number of hydrogen-bond donors (Lipinski definition) is 1. The molecule has 1 N–H and O–H groups in total. The van der Waals surface area contributed by atoms with Gasteiger partial charge in [0.15, 0.2) is 0 Å². The Bertz CT molecular complexity index is 1130. The lowest BCUT2D eigenvalue weighted by atomic mass is 10.1. The molecule has 0 atom stereocenters. The lowest BCUT2D eigenvalue weighted by Crippen LogP contribution is -2.03. The van der Waals surface area contributed by atoms with E-state index in [0.717, 1.165) is 5.39 Å². The second-order valence-corrected chi connectivity index (χ2v) is 6.13. The Hall–Kier alpha value is -3.39. The van der Waals surface area contributed by atoms with Crippen LogP contribution in [-0.2, 0) is 0 Å². The molecule has 0 saturated heterocycles. The van der Waals surface area contributed by atoms with Gasteiger partial charge < -0.3 is 13.6 Å². The summed E-state index contributed by atoms with van der Waals surface area (Å²) in [5, 5.41) is 7.12. The highest BCUT2D eigenvalue weighted by Crippen LogP contribution is 2.27. The number of nitrogens with zero attached hydrogens (tertiary/aromatic N) is 2. The van der Waals surface area contributed by atoms with Gasteiger partial charge in [-0.05, 0) is 36.4 Å². The Morgan fingerprint density at radius 2 is 2.23 bits per heavy atom. The zero-order valence-electron chi connectivity index (χ0n) is 13.6. The Morgan fingerprint density at radius 3 is 3.04 bits per heavy atom. The molecule has 0 unspecified atom stereocenters. The predicted molar refractivity (Wildman–Crippen MR) is 100 cm³/mol. The van der Waals surface area contributed by atoms with E-state index in [1.54, 1.807) is 55.2 Å². The Morgan fingerprint density at radius 1 is 1.31 bits per heavy atom. The standard InChI is InChI=1S/C18H13N3O4S/c1-23-12-4-5-16-11(7-12)8-14(17(22)25-16)15-10-26-18(20-15)21-19-9-13-3-2-6-24-13/h2-10H,1H3,(H,20,21). The molecule has 3 heterocycles. The zero-order chi connectivity index (χ0) is 17.9. The van der Waals surface area contributed by atoms with Gasteiger partial charge in [-0.2, -0.15) is 5.10 Å². The summed E-state index contributed by atoms with van der Waals surface area (Å²) in [5.41, 5.74) is 3.76. The number of benzene rings is 1. The molecule has 0 spiro atoms. The predicted octanol–water partition coefficient (Wildman–Crippen LogP) is 3.96. The summed E-state index contributed by atoms with van der Waals surface area (Å²) in [5.74, 6) is 1.31. The van der Waals surface area contributed by atoms with Gasteiger partial charge in [0, 0.05) is 10.8 Å². The zero-order valence-corrected chi connectivity index (χ0v) is 14.4. The fourth-order valence-corrected chi connectivity index (χ4v) is 3.03. The van der Waals surface area contributed by atoms with Gasteiger partial charge >= 0.3 is 5.63 Å². The van der Waals surface area contributed by atoms with Gasteiger partial charge in [-0.3, -0.25) is 5.43 Å². The molecular weight excluding hydrogens is 354 g/mol. The SMILES string of the molecule is COc1ccc2oc(=O)c(-c3csc(NN=Cc4ccco4)n3)cc2c1. The van der Waals surface area contributed by atoms with Crippen molar-refractivity contribution in [2.45, 2.75) is 0 Å². The molecule has 0 fully saturated rings. The molecule has 0 aliphatic carbocycles. The summed E-state index contributed by atoms with van der Waals surface area (Å²) < 4.78 is 15.7. The molecule has 0 amide bonds. The minimum Gasteiger partial charge on any atom is -0.497 e. The van der Waals surface area contributed by atoms with Crippen molar-refractivity contribution in [1.82, 2.24) is 4.98 Å². The van der Waals surface area contributed by atoms with E-state index in [1.165, 1.54) is 17.6 Å². The van der Waals surface area contributed by atoms with Crippen molar-refractivity contribution >= 4 is 33.7 Å². The summed E-state index contributed by atoms with van der Waals surface area (Å²) in [7, 11) is 1.59. The van der Waals surface area contributed by atoms with Gasteiger partial charge in [0.1, 0.15) is 17.1 Å². The van der Waals surface area contributed by atoms with Crippen LogP contribution in [0.15, 0.2) is 66.8 Å². The fraction of sp³-hybridized carbons (Fsp3) is 0.0556. The van der Waals surface area contributed by atoms with E-state index >= 15 is 0 Å². The molecule has 8 heteroatoms. The lowest BCUT2D eigenvalue weighted by molar-refractivity contribution is 0.415. The van der Waals surface area contributed by atoms with Crippen LogP contribution in [0.25, 0.3) is 22.2 Å². The average molecular weight is 367 g/mol. The molecule has 0 aliphatic rings. The largest absolute Gasteiger partial charge is 0.497 e. The third kappa shape index (κ3) is 3.22. The van der Waals surface area contributed by atoms with Crippen LogP contribution in [0.4, 0.5) is 5.13 Å². The Labute approximate surface area is 151 Å². The Balaban J connectivity index is 1.62. The van der Waals surface area contributed by atoms with E-state index in [1.807, 2.05) is 0 Å². The van der Waals surface area contributed by atoms with Gasteiger partial charge in [-0.1, -0.05) is 0 Å². The van der Waals surface area contributed by atoms with Crippen LogP contribution >= 0.6 is 11.3 Å². The quantitative estimate of drug-likeness (QED) is 0.326. The monoisotopic (exact) mass is 367 g/mol. The Kier molecular flexibility index (Phi) is 4.24. The number of furan rings is 1. The number of hydrogen-bond acceptors (Lipinski definition) is 8. The molecule has 3 aromatic heterocycles. The third-order valence-corrected chi connectivity index (χ3v) is 4.36. The molecule has 130 valence electrons. The maximum Gasteiger partial charge on any atom is 0.345 e. The van der Waals surface area contributed by atoms with Gasteiger partial charge in [-0.25, -0.2) is 9.78 Å². The van der Waals surface area contributed by atoms with Crippen LogP contribution in [0.1, 0.15) is 5.76 Å². The highest BCUT2D eigenvalue weighted by atomic mass is 32.1. The maximum atomic E-state index is 12.3. The van der Waals surface area contributed by atoms with Crippen LogP contribution in [0.3, 0.4) is 0 Å². The second kappa shape index (κ2) is 6.85. The first-order chi connectivity index (χ1) is 12.7. The number of rotatable bonds is 5. The van der Waals surface area contributed by atoms with E-state index in [9.17, 15) is 4.79 Å². The van der Waals surface area contributed by atoms with Crippen molar-refractivity contribution in [3.63, 3.8) is 0 Å². The van der Waals surface area contributed by atoms with Crippen molar-refractivity contribution in [2.75, 3.05) is 12.5 Å². The molecule has 4 aromatic rings.